The fraction of sp³-hybridized carbons (Fsp3) is 0.0556. The number of para-hydroxylation sites is 1. The van der Waals surface area contributed by atoms with Gasteiger partial charge in [-0.25, -0.2) is 4.39 Å². The van der Waals surface area contributed by atoms with E-state index in [-0.39, 0.29) is 5.82 Å². The molecule has 3 heterocycles. The Balaban J connectivity index is 1.72. The molecule has 0 fully saturated rings. The normalized spacial score (nSPS) is 11.6. The van der Waals surface area contributed by atoms with Crippen molar-refractivity contribution in [2.45, 2.75) is 6.92 Å². The van der Waals surface area contributed by atoms with Crippen molar-refractivity contribution in [3.05, 3.63) is 59.9 Å². The molecule has 0 aliphatic carbocycles. The van der Waals surface area contributed by atoms with Crippen molar-refractivity contribution in [3.63, 3.8) is 0 Å². The molecule has 7 heteroatoms. The summed E-state index contributed by atoms with van der Waals surface area (Å²) in [5, 5.41) is 14.5. The van der Waals surface area contributed by atoms with Crippen molar-refractivity contribution in [1.82, 2.24) is 19.8 Å². The molecule has 5 rings (SSSR count). The van der Waals surface area contributed by atoms with Gasteiger partial charge in [0.25, 0.3) is 0 Å². The number of aryl methyl sites for hydroxylation is 1. The second-order valence-electron chi connectivity index (χ2n) is 5.66. The van der Waals surface area contributed by atoms with E-state index in [2.05, 4.69) is 15.3 Å². The van der Waals surface area contributed by atoms with Crippen LogP contribution < -0.4 is 0 Å². The predicted octanol–water partition coefficient (Wildman–Crippen LogP) is 4.71. The van der Waals surface area contributed by atoms with Crippen LogP contribution in [0.3, 0.4) is 0 Å². The Morgan fingerprint density at radius 3 is 2.68 bits per heavy atom. The van der Waals surface area contributed by atoms with Gasteiger partial charge in [-0.15, -0.1) is 10.2 Å². The lowest BCUT2D eigenvalue weighted by Gasteiger charge is -1.97. The van der Waals surface area contributed by atoms with Crippen molar-refractivity contribution in [2.75, 3.05) is 0 Å². The smallest absolute Gasteiger partial charge is 0.235 e. The van der Waals surface area contributed by atoms with Crippen LogP contribution in [0.5, 0.6) is 0 Å². The lowest BCUT2D eigenvalue weighted by atomic mass is 10.1. The number of furan rings is 1. The fourth-order valence-corrected chi connectivity index (χ4v) is 3.76. The number of nitrogens with zero attached hydrogens (tertiary/aromatic N) is 4. The maximum absolute atomic E-state index is 14.0. The van der Waals surface area contributed by atoms with Crippen molar-refractivity contribution < 1.29 is 8.81 Å². The topological polar surface area (TPSA) is 56.2 Å². The molecular weight excluding hydrogens is 339 g/mol. The van der Waals surface area contributed by atoms with Gasteiger partial charge in [-0.05, 0) is 25.1 Å². The van der Waals surface area contributed by atoms with E-state index in [1.165, 1.54) is 17.4 Å². The van der Waals surface area contributed by atoms with E-state index in [0.717, 1.165) is 16.5 Å². The van der Waals surface area contributed by atoms with E-state index in [9.17, 15) is 4.39 Å². The third kappa shape index (κ3) is 2.09. The quantitative estimate of drug-likeness (QED) is 0.462. The van der Waals surface area contributed by atoms with Gasteiger partial charge in [0.1, 0.15) is 11.4 Å². The summed E-state index contributed by atoms with van der Waals surface area (Å²) in [5.74, 6) is 0.829. The molecule has 0 unspecified atom stereocenters. The van der Waals surface area contributed by atoms with Gasteiger partial charge in [-0.1, -0.05) is 41.7 Å². The van der Waals surface area contributed by atoms with Crippen molar-refractivity contribution in [2.24, 2.45) is 0 Å². The molecule has 0 aliphatic rings. The number of benzene rings is 2. The molecule has 0 spiro atoms. The summed E-state index contributed by atoms with van der Waals surface area (Å²) in [6.45, 7) is 1.98. The first-order chi connectivity index (χ1) is 12.2. The second kappa shape index (κ2) is 5.22. The number of hydrogen-bond acceptors (Lipinski definition) is 5. The molecule has 0 atom stereocenters. The molecule has 25 heavy (non-hydrogen) atoms. The van der Waals surface area contributed by atoms with Gasteiger partial charge in [-0.2, -0.15) is 9.61 Å². The summed E-state index contributed by atoms with van der Waals surface area (Å²) in [6, 6.07) is 14.4. The van der Waals surface area contributed by atoms with Crippen LogP contribution in [-0.4, -0.2) is 19.8 Å². The highest BCUT2D eigenvalue weighted by atomic mass is 32.1. The number of halogens is 1. The summed E-state index contributed by atoms with van der Waals surface area (Å²) in [7, 11) is 0. The van der Waals surface area contributed by atoms with Crippen molar-refractivity contribution in [3.8, 4) is 22.2 Å². The fourth-order valence-electron chi connectivity index (χ4n) is 2.89. The molecule has 122 valence electrons. The summed E-state index contributed by atoms with van der Waals surface area (Å²) < 4.78 is 21.6. The van der Waals surface area contributed by atoms with Gasteiger partial charge in [0.2, 0.25) is 10.8 Å². The van der Waals surface area contributed by atoms with E-state index >= 15 is 0 Å². The molecular formula is C18H11FN4OS. The van der Waals surface area contributed by atoms with Crippen LogP contribution in [0.15, 0.2) is 52.9 Å². The summed E-state index contributed by atoms with van der Waals surface area (Å²) in [5.41, 5.74) is 2.21. The third-order valence-corrected chi connectivity index (χ3v) is 5.07. The molecule has 3 aromatic heterocycles. The van der Waals surface area contributed by atoms with Gasteiger partial charge in [0.05, 0.1) is 0 Å². The van der Waals surface area contributed by atoms with Gasteiger partial charge >= 0.3 is 0 Å². The molecule has 5 aromatic rings. The van der Waals surface area contributed by atoms with E-state index in [0.29, 0.717) is 27.1 Å². The van der Waals surface area contributed by atoms with Crippen LogP contribution in [0.1, 0.15) is 5.56 Å². The minimum atomic E-state index is -0.311. The summed E-state index contributed by atoms with van der Waals surface area (Å²) >= 11 is 1.29. The molecule has 0 saturated carbocycles. The maximum atomic E-state index is 14.0. The standard InChI is InChI=1S/C18H11FN4OS/c1-10-11-6-3-5-9-14(11)24-15(10)16-20-21-18-23(16)22-17(25-18)12-7-2-4-8-13(12)19/h2-9H,1H3. The molecule has 5 nitrogen and oxygen atoms in total. The monoisotopic (exact) mass is 350 g/mol. The molecule has 0 saturated heterocycles. The number of hydrogen-bond donors (Lipinski definition) is 0. The zero-order valence-corrected chi connectivity index (χ0v) is 13.9. The van der Waals surface area contributed by atoms with Crippen LogP contribution in [0, 0.1) is 12.7 Å². The first-order valence-corrected chi connectivity index (χ1v) is 8.49. The van der Waals surface area contributed by atoms with E-state index in [4.69, 9.17) is 4.42 Å². The highest BCUT2D eigenvalue weighted by molar-refractivity contribution is 7.19. The Labute approximate surface area is 145 Å². The zero-order valence-electron chi connectivity index (χ0n) is 13.1. The first-order valence-electron chi connectivity index (χ1n) is 7.68. The number of aromatic nitrogens is 4. The van der Waals surface area contributed by atoms with Gasteiger partial charge in [0.15, 0.2) is 10.8 Å². The molecule has 0 aliphatic heterocycles. The minimum absolute atomic E-state index is 0.311. The van der Waals surface area contributed by atoms with Crippen molar-refractivity contribution >= 4 is 27.3 Å². The maximum Gasteiger partial charge on any atom is 0.235 e. The highest BCUT2D eigenvalue weighted by Crippen LogP contribution is 2.34. The third-order valence-electron chi connectivity index (χ3n) is 4.14. The van der Waals surface area contributed by atoms with Crippen LogP contribution >= 0.6 is 11.3 Å². The Morgan fingerprint density at radius 2 is 1.84 bits per heavy atom. The van der Waals surface area contributed by atoms with Gasteiger partial charge < -0.3 is 4.42 Å². The largest absolute Gasteiger partial charge is 0.452 e. The van der Waals surface area contributed by atoms with E-state index in [1.807, 2.05) is 31.2 Å². The Morgan fingerprint density at radius 1 is 1.04 bits per heavy atom. The number of fused-ring (bicyclic) bond motifs is 2. The van der Waals surface area contributed by atoms with E-state index in [1.54, 1.807) is 22.7 Å². The Kier molecular flexibility index (Phi) is 2.98. The highest BCUT2D eigenvalue weighted by Gasteiger charge is 2.21. The molecule has 0 amide bonds. The lowest BCUT2D eigenvalue weighted by Crippen LogP contribution is -1.92. The van der Waals surface area contributed by atoms with Gasteiger partial charge in [0, 0.05) is 16.5 Å². The Bertz CT molecular complexity index is 1240. The average molecular weight is 350 g/mol. The molecule has 0 bridgehead atoms. The zero-order chi connectivity index (χ0) is 17.0. The predicted molar refractivity (Wildman–Crippen MR) is 94.0 cm³/mol. The Hall–Kier alpha value is -3.06. The second-order valence-corrected chi connectivity index (χ2v) is 6.61. The SMILES string of the molecule is Cc1c(-c2nnc3sc(-c4ccccc4F)nn23)oc2ccccc12. The van der Waals surface area contributed by atoms with E-state index < -0.39 is 0 Å². The molecule has 0 radical (unpaired) electrons. The summed E-state index contributed by atoms with van der Waals surface area (Å²) in [6.07, 6.45) is 0. The molecule has 2 aromatic carbocycles. The minimum Gasteiger partial charge on any atom is -0.452 e. The van der Waals surface area contributed by atoms with Crippen LogP contribution in [0.2, 0.25) is 0 Å². The lowest BCUT2D eigenvalue weighted by molar-refractivity contribution is 0.619. The first kappa shape index (κ1) is 14.3. The number of rotatable bonds is 2. The summed E-state index contributed by atoms with van der Waals surface area (Å²) in [4.78, 5) is 0.591. The average Bonchev–Trinajstić information content (AvgIpc) is 3.29. The molecule has 0 N–H and O–H groups in total. The van der Waals surface area contributed by atoms with Crippen molar-refractivity contribution in [1.29, 1.82) is 0 Å². The van der Waals surface area contributed by atoms with Gasteiger partial charge in [-0.3, -0.25) is 0 Å². The van der Waals surface area contributed by atoms with Crippen LogP contribution in [0.4, 0.5) is 4.39 Å². The van der Waals surface area contributed by atoms with Crippen LogP contribution in [-0.2, 0) is 0 Å². The van der Waals surface area contributed by atoms with Crippen LogP contribution in [0.25, 0.3) is 38.1 Å².